The molecule has 0 aliphatic carbocycles. The molecule has 104 valence electrons. The van der Waals surface area contributed by atoms with Crippen LogP contribution in [-0.4, -0.2) is 18.2 Å². The monoisotopic (exact) mass is 278 g/mol. The van der Waals surface area contributed by atoms with Gasteiger partial charge in [-0.25, -0.2) is 4.39 Å². The minimum Gasteiger partial charge on any atom is -0.345 e. The number of nitrogens with two attached hydrogens (primary N) is 1. The zero-order chi connectivity index (χ0) is 14.6. The SMILES string of the molecule is NCC(=O)C(=O)NCc1ccc(F)c(C(F)(F)F)c1. The highest BCUT2D eigenvalue weighted by Crippen LogP contribution is 2.31. The van der Waals surface area contributed by atoms with Crippen LogP contribution < -0.4 is 11.1 Å². The predicted octanol–water partition coefficient (Wildman–Crippen LogP) is 0.989. The topological polar surface area (TPSA) is 72.2 Å². The third kappa shape index (κ3) is 4.02. The number of carbonyl (C=O) groups excluding carboxylic acids is 2. The lowest BCUT2D eigenvalue weighted by atomic mass is 10.1. The van der Waals surface area contributed by atoms with E-state index in [0.717, 1.165) is 6.07 Å². The van der Waals surface area contributed by atoms with E-state index in [9.17, 15) is 27.2 Å². The maximum absolute atomic E-state index is 13.0. The van der Waals surface area contributed by atoms with E-state index in [1.165, 1.54) is 0 Å². The van der Waals surface area contributed by atoms with Crippen LogP contribution in [0, 0.1) is 5.82 Å². The largest absolute Gasteiger partial charge is 0.419 e. The van der Waals surface area contributed by atoms with Gasteiger partial charge < -0.3 is 11.1 Å². The van der Waals surface area contributed by atoms with Crippen molar-refractivity contribution in [3.63, 3.8) is 0 Å². The van der Waals surface area contributed by atoms with Gasteiger partial charge in [-0.2, -0.15) is 13.2 Å². The molecular weight excluding hydrogens is 268 g/mol. The first-order valence-corrected chi connectivity index (χ1v) is 5.12. The van der Waals surface area contributed by atoms with Crippen molar-refractivity contribution in [3.05, 3.63) is 35.1 Å². The molecule has 0 unspecified atom stereocenters. The first-order valence-electron chi connectivity index (χ1n) is 5.12. The average Bonchev–Trinajstić information content (AvgIpc) is 2.35. The molecule has 1 amide bonds. The summed E-state index contributed by atoms with van der Waals surface area (Å²) >= 11 is 0. The van der Waals surface area contributed by atoms with Crippen molar-refractivity contribution in [2.75, 3.05) is 6.54 Å². The maximum Gasteiger partial charge on any atom is 0.419 e. The summed E-state index contributed by atoms with van der Waals surface area (Å²) in [4.78, 5) is 21.9. The third-order valence-electron chi connectivity index (χ3n) is 2.23. The number of hydrogen-bond acceptors (Lipinski definition) is 3. The van der Waals surface area contributed by atoms with E-state index < -0.39 is 35.8 Å². The molecule has 0 radical (unpaired) electrons. The Labute approximate surface area is 105 Å². The van der Waals surface area contributed by atoms with E-state index in [0.29, 0.717) is 12.1 Å². The second-order valence-electron chi connectivity index (χ2n) is 3.62. The summed E-state index contributed by atoms with van der Waals surface area (Å²) in [5.41, 5.74) is 3.53. The average molecular weight is 278 g/mol. The van der Waals surface area contributed by atoms with Gasteiger partial charge in [-0.05, 0) is 17.7 Å². The van der Waals surface area contributed by atoms with Gasteiger partial charge in [0, 0.05) is 6.54 Å². The van der Waals surface area contributed by atoms with Gasteiger partial charge in [0.15, 0.2) is 0 Å². The second kappa shape index (κ2) is 5.79. The summed E-state index contributed by atoms with van der Waals surface area (Å²) in [5.74, 6) is -3.29. The summed E-state index contributed by atoms with van der Waals surface area (Å²) in [6.07, 6.45) is -4.82. The molecule has 19 heavy (non-hydrogen) atoms. The van der Waals surface area contributed by atoms with Crippen LogP contribution in [0.1, 0.15) is 11.1 Å². The Hall–Kier alpha value is -1.96. The molecule has 0 spiro atoms. The third-order valence-corrected chi connectivity index (χ3v) is 2.23. The highest BCUT2D eigenvalue weighted by molar-refractivity contribution is 6.36. The highest BCUT2D eigenvalue weighted by atomic mass is 19.4. The fourth-order valence-electron chi connectivity index (χ4n) is 1.27. The highest BCUT2D eigenvalue weighted by Gasteiger charge is 2.34. The predicted molar refractivity (Wildman–Crippen MR) is 57.3 cm³/mol. The molecule has 0 saturated heterocycles. The van der Waals surface area contributed by atoms with E-state index in [1.807, 2.05) is 0 Å². The number of benzene rings is 1. The number of ketones is 1. The number of alkyl halides is 3. The smallest absolute Gasteiger partial charge is 0.345 e. The lowest BCUT2D eigenvalue weighted by Gasteiger charge is -2.10. The number of Topliss-reactive ketones (excluding diaryl/α,β-unsaturated/α-hetero) is 1. The van der Waals surface area contributed by atoms with Crippen LogP contribution in [-0.2, 0) is 22.3 Å². The number of hydrogen-bond donors (Lipinski definition) is 2. The summed E-state index contributed by atoms with van der Waals surface area (Å²) in [6.45, 7) is -0.822. The zero-order valence-corrected chi connectivity index (χ0v) is 9.55. The maximum atomic E-state index is 13.0. The molecule has 0 heterocycles. The number of halogens is 4. The lowest BCUT2D eigenvalue weighted by Crippen LogP contribution is -2.34. The molecule has 0 aliphatic rings. The van der Waals surface area contributed by atoms with Crippen molar-refractivity contribution >= 4 is 11.7 Å². The Bertz CT molecular complexity index is 500. The van der Waals surface area contributed by atoms with E-state index >= 15 is 0 Å². The van der Waals surface area contributed by atoms with E-state index in [1.54, 1.807) is 0 Å². The number of nitrogens with one attached hydrogen (secondary N) is 1. The molecule has 0 atom stereocenters. The van der Waals surface area contributed by atoms with Crippen molar-refractivity contribution in [2.45, 2.75) is 12.7 Å². The normalized spacial score (nSPS) is 11.2. The molecule has 0 saturated carbocycles. The number of rotatable bonds is 4. The van der Waals surface area contributed by atoms with Gasteiger partial charge >= 0.3 is 6.18 Å². The molecular formula is C11H10F4N2O2. The molecule has 4 nitrogen and oxygen atoms in total. The summed E-state index contributed by atoms with van der Waals surface area (Å²) < 4.78 is 50.2. The first-order chi connectivity index (χ1) is 8.75. The van der Waals surface area contributed by atoms with E-state index in [4.69, 9.17) is 5.73 Å². The molecule has 0 bridgehead atoms. The lowest BCUT2D eigenvalue weighted by molar-refractivity contribution is -0.140. The zero-order valence-electron chi connectivity index (χ0n) is 9.55. The van der Waals surface area contributed by atoms with Crippen molar-refractivity contribution < 1.29 is 27.2 Å². The molecule has 1 aromatic rings. The minimum atomic E-state index is -4.82. The van der Waals surface area contributed by atoms with Crippen LogP contribution in [0.3, 0.4) is 0 Å². The van der Waals surface area contributed by atoms with E-state index in [2.05, 4.69) is 5.32 Å². The Morgan fingerprint density at radius 1 is 1.26 bits per heavy atom. The van der Waals surface area contributed by atoms with Gasteiger partial charge in [0.2, 0.25) is 5.78 Å². The van der Waals surface area contributed by atoms with Crippen LogP contribution in [0.5, 0.6) is 0 Å². The van der Waals surface area contributed by atoms with Crippen molar-refractivity contribution in [3.8, 4) is 0 Å². The Morgan fingerprint density at radius 3 is 2.42 bits per heavy atom. The molecule has 8 heteroatoms. The van der Waals surface area contributed by atoms with Gasteiger partial charge in [-0.1, -0.05) is 6.07 Å². The summed E-state index contributed by atoms with van der Waals surface area (Å²) in [7, 11) is 0. The van der Waals surface area contributed by atoms with Crippen LogP contribution in [0.2, 0.25) is 0 Å². The molecule has 1 rings (SSSR count). The molecule has 0 fully saturated rings. The van der Waals surface area contributed by atoms with Crippen molar-refractivity contribution in [2.24, 2.45) is 5.73 Å². The van der Waals surface area contributed by atoms with Gasteiger partial charge in [0.1, 0.15) is 5.82 Å². The number of amides is 1. The quantitative estimate of drug-likeness (QED) is 0.637. The van der Waals surface area contributed by atoms with Gasteiger partial charge in [-0.15, -0.1) is 0 Å². The molecule has 3 N–H and O–H groups in total. The van der Waals surface area contributed by atoms with Crippen LogP contribution in [0.15, 0.2) is 18.2 Å². The minimum absolute atomic E-state index is 0.0203. The summed E-state index contributed by atoms with van der Waals surface area (Å²) in [5, 5.41) is 2.09. The van der Waals surface area contributed by atoms with Gasteiger partial charge in [-0.3, -0.25) is 9.59 Å². The first kappa shape index (κ1) is 15.1. The van der Waals surface area contributed by atoms with Gasteiger partial charge in [0.05, 0.1) is 12.1 Å². The van der Waals surface area contributed by atoms with Crippen molar-refractivity contribution in [1.29, 1.82) is 0 Å². The molecule has 0 aliphatic heterocycles. The van der Waals surface area contributed by atoms with Crippen molar-refractivity contribution in [1.82, 2.24) is 5.32 Å². The Balaban J connectivity index is 2.81. The van der Waals surface area contributed by atoms with E-state index in [-0.39, 0.29) is 12.1 Å². The van der Waals surface area contributed by atoms with Crippen LogP contribution in [0.25, 0.3) is 0 Å². The van der Waals surface area contributed by atoms with Crippen LogP contribution >= 0.6 is 0 Å². The standard InChI is InChI=1S/C11H10F4N2O2/c12-8-2-1-6(3-7(8)11(13,14)15)5-17-10(19)9(18)4-16/h1-3H,4-5,16H2,(H,17,19). The molecule has 0 aromatic heterocycles. The fourth-order valence-corrected chi connectivity index (χ4v) is 1.27. The second-order valence-corrected chi connectivity index (χ2v) is 3.62. The van der Waals surface area contributed by atoms with Gasteiger partial charge in [0.25, 0.3) is 5.91 Å². The Kier molecular flexibility index (Phi) is 4.60. The summed E-state index contributed by atoms with van der Waals surface area (Å²) in [6, 6.07) is 2.30. The van der Waals surface area contributed by atoms with Crippen LogP contribution in [0.4, 0.5) is 17.6 Å². The fraction of sp³-hybridized carbons (Fsp3) is 0.273. The number of carbonyl (C=O) groups is 2. The molecule has 1 aromatic carbocycles. The Morgan fingerprint density at radius 2 is 1.89 bits per heavy atom.